The Morgan fingerprint density at radius 1 is 1.12 bits per heavy atom. The van der Waals surface area contributed by atoms with E-state index in [0.29, 0.717) is 0 Å². The first-order valence-electron chi connectivity index (χ1n) is 7.33. The standard InChI is InChI=1S/C14H32N2O/c1-3-5-8-14(4-2)13-17-12-7-11-16-10-6-9-15/h14,16H,3-13,15H2,1-2H3. The minimum Gasteiger partial charge on any atom is -0.381 e. The van der Waals surface area contributed by atoms with Gasteiger partial charge in [0, 0.05) is 13.2 Å². The molecular weight excluding hydrogens is 212 g/mol. The average Bonchev–Trinajstić information content (AvgIpc) is 2.36. The van der Waals surface area contributed by atoms with Crippen LogP contribution in [0, 0.1) is 5.92 Å². The van der Waals surface area contributed by atoms with Crippen LogP contribution in [0.25, 0.3) is 0 Å². The fourth-order valence-corrected chi connectivity index (χ4v) is 1.80. The fourth-order valence-electron chi connectivity index (χ4n) is 1.80. The Labute approximate surface area is 107 Å². The highest BCUT2D eigenvalue weighted by Crippen LogP contribution is 2.12. The van der Waals surface area contributed by atoms with Crippen molar-refractivity contribution in [1.82, 2.24) is 5.32 Å². The number of unbranched alkanes of at least 4 members (excludes halogenated alkanes) is 1. The summed E-state index contributed by atoms with van der Waals surface area (Å²) in [4.78, 5) is 0. The topological polar surface area (TPSA) is 47.3 Å². The minimum absolute atomic E-state index is 0.764. The molecule has 0 aliphatic heterocycles. The van der Waals surface area contributed by atoms with Crippen LogP contribution < -0.4 is 11.1 Å². The normalized spacial score (nSPS) is 12.9. The third-order valence-corrected chi connectivity index (χ3v) is 3.10. The van der Waals surface area contributed by atoms with E-state index >= 15 is 0 Å². The smallest absolute Gasteiger partial charge is 0.0494 e. The Kier molecular flexibility index (Phi) is 13.8. The molecule has 0 bridgehead atoms. The number of ether oxygens (including phenoxy) is 1. The molecule has 17 heavy (non-hydrogen) atoms. The third-order valence-electron chi connectivity index (χ3n) is 3.10. The van der Waals surface area contributed by atoms with Gasteiger partial charge >= 0.3 is 0 Å². The van der Waals surface area contributed by atoms with Gasteiger partial charge in [-0.3, -0.25) is 0 Å². The number of rotatable bonds is 13. The summed E-state index contributed by atoms with van der Waals surface area (Å²) < 4.78 is 5.73. The van der Waals surface area contributed by atoms with Crippen LogP contribution in [0.4, 0.5) is 0 Å². The second-order valence-corrected chi connectivity index (χ2v) is 4.74. The predicted octanol–water partition coefficient (Wildman–Crippen LogP) is 2.55. The monoisotopic (exact) mass is 244 g/mol. The number of hydrogen-bond acceptors (Lipinski definition) is 3. The van der Waals surface area contributed by atoms with E-state index in [9.17, 15) is 0 Å². The van der Waals surface area contributed by atoms with Gasteiger partial charge in [-0.05, 0) is 44.8 Å². The summed E-state index contributed by atoms with van der Waals surface area (Å²) >= 11 is 0. The molecule has 0 amide bonds. The fraction of sp³-hybridized carbons (Fsp3) is 1.00. The highest BCUT2D eigenvalue weighted by molar-refractivity contribution is 4.56. The summed E-state index contributed by atoms with van der Waals surface area (Å²) in [5, 5.41) is 3.36. The van der Waals surface area contributed by atoms with Gasteiger partial charge in [0.2, 0.25) is 0 Å². The lowest BCUT2D eigenvalue weighted by Crippen LogP contribution is -2.21. The molecule has 3 nitrogen and oxygen atoms in total. The van der Waals surface area contributed by atoms with Crippen LogP contribution in [0.3, 0.4) is 0 Å². The van der Waals surface area contributed by atoms with E-state index in [1.807, 2.05) is 0 Å². The van der Waals surface area contributed by atoms with E-state index in [1.54, 1.807) is 0 Å². The minimum atomic E-state index is 0.764. The maximum absolute atomic E-state index is 5.73. The average molecular weight is 244 g/mol. The lowest BCUT2D eigenvalue weighted by molar-refractivity contribution is 0.0922. The van der Waals surface area contributed by atoms with Crippen molar-refractivity contribution < 1.29 is 4.74 Å². The molecule has 3 heteroatoms. The zero-order chi connectivity index (χ0) is 12.8. The molecule has 0 spiro atoms. The Morgan fingerprint density at radius 2 is 1.88 bits per heavy atom. The van der Waals surface area contributed by atoms with Crippen molar-refractivity contribution in [2.75, 3.05) is 32.8 Å². The highest BCUT2D eigenvalue weighted by atomic mass is 16.5. The van der Waals surface area contributed by atoms with Crippen molar-refractivity contribution in [1.29, 1.82) is 0 Å². The Morgan fingerprint density at radius 3 is 2.53 bits per heavy atom. The number of hydrogen-bond donors (Lipinski definition) is 2. The molecule has 0 saturated carbocycles. The summed E-state index contributed by atoms with van der Waals surface area (Å²) in [5.74, 6) is 0.764. The van der Waals surface area contributed by atoms with Crippen molar-refractivity contribution in [3.63, 3.8) is 0 Å². The second kappa shape index (κ2) is 13.9. The quantitative estimate of drug-likeness (QED) is 0.489. The molecule has 3 N–H and O–H groups in total. The first kappa shape index (κ1) is 16.9. The Bertz CT molecular complexity index is 142. The van der Waals surface area contributed by atoms with Gasteiger partial charge in [0.25, 0.3) is 0 Å². The molecule has 0 aliphatic rings. The van der Waals surface area contributed by atoms with Crippen LogP contribution in [-0.2, 0) is 4.74 Å². The van der Waals surface area contributed by atoms with E-state index in [1.165, 1.54) is 25.7 Å². The molecule has 0 fully saturated rings. The molecule has 0 heterocycles. The maximum Gasteiger partial charge on any atom is 0.0494 e. The molecular formula is C14H32N2O. The summed E-state index contributed by atoms with van der Waals surface area (Å²) in [6.45, 7) is 9.20. The van der Waals surface area contributed by atoms with Crippen LogP contribution in [-0.4, -0.2) is 32.8 Å². The van der Waals surface area contributed by atoms with Gasteiger partial charge in [-0.25, -0.2) is 0 Å². The number of nitrogens with one attached hydrogen (secondary N) is 1. The van der Waals surface area contributed by atoms with Crippen LogP contribution in [0.15, 0.2) is 0 Å². The molecule has 1 atom stereocenters. The van der Waals surface area contributed by atoms with E-state index in [4.69, 9.17) is 10.5 Å². The third kappa shape index (κ3) is 12.1. The predicted molar refractivity (Wildman–Crippen MR) is 75.3 cm³/mol. The zero-order valence-electron chi connectivity index (χ0n) is 11.8. The summed E-state index contributed by atoms with van der Waals surface area (Å²) in [7, 11) is 0. The van der Waals surface area contributed by atoms with Crippen molar-refractivity contribution in [2.45, 2.75) is 52.4 Å². The zero-order valence-corrected chi connectivity index (χ0v) is 11.8. The van der Waals surface area contributed by atoms with Crippen molar-refractivity contribution >= 4 is 0 Å². The molecule has 0 aromatic rings. The van der Waals surface area contributed by atoms with Gasteiger partial charge in [-0.2, -0.15) is 0 Å². The van der Waals surface area contributed by atoms with E-state index < -0.39 is 0 Å². The van der Waals surface area contributed by atoms with Gasteiger partial charge in [0.05, 0.1) is 0 Å². The molecule has 0 saturated heterocycles. The maximum atomic E-state index is 5.73. The summed E-state index contributed by atoms with van der Waals surface area (Å²) in [6.07, 6.45) is 7.37. The molecule has 1 unspecified atom stereocenters. The second-order valence-electron chi connectivity index (χ2n) is 4.74. The van der Waals surface area contributed by atoms with E-state index in [-0.39, 0.29) is 0 Å². The van der Waals surface area contributed by atoms with Crippen LogP contribution in [0.5, 0.6) is 0 Å². The van der Waals surface area contributed by atoms with Gasteiger partial charge < -0.3 is 15.8 Å². The van der Waals surface area contributed by atoms with Crippen molar-refractivity contribution in [3.05, 3.63) is 0 Å². The lowest BCUT2D eigenvalue weighted by Gasteiger charge is -2.14. The number of nitrogens with two attached hydrogens (primary N) is 1. The molecule has 0 radical (unpaired) electrons. The van der Waals surface area contributed by atoms with Gasteiger partial charge in [0.1, 0.15) is 0 Å². The van der Waals surface area contributed by atoms with Gasteiger partial charge in [0.15, 0.2) is 0 Å². The summed E-state index contributed by atoms with van der Waals surface area (Å²) in [5.41, 5.74) is 5.41. The molecule has 0 aliphatic carbocycles. The molecule has 104 valence electrons. The van der Waals surface area contributed by atoms with Crippen LogP contribution >= 0.6 is 0 Å². The first-order chi connectivity index (χ1) is 8.35. The molecule has 0 aromatic heterocycles. The molecule has 0 aromatic carbocycles. The highest BCUT2D eigenvalue weighted by Gasteiger charge is 2.05. The first-order valence-corrected chi connectivity index (χ1v) is 7.33. The Hall–Kier alpha value is -0.120. The van der Waals surface area contributed by atoms with Crippen LogP contribution in [0.1, 0.15) is 52.4 Å². The summed E-state index contributed by atoms with van der Waals surface area (Å²) in [6, 6.07) is 0. The van der Waals surface area contributed by atoms with Crippen molar-refractivity contribution in [2.24, 2.45) is 11.7 Å². The van der Waals surface area contributed by atoms with E-state index in [2.05, 4.69) is 19.2 Å². The lowest BCUT2D eigenvalue weighted by atomic mass is 10.0. The molecule has 0 rings (SSSR count). The van der Waals surface area contributed by atoms with Gasteiger partial charge in [-0.15, -0.1) is 0 Å². The van der Waals surface area contributed by atoms with Gasteiger partial charge in [-0.1, -0.05) is 33.1 Å². The van der Waals surface area contributed by atoms with Crippen molar-refractivity contribution in [3.8, 4) is 0 Å². The van der Waals surface area contributed by atoms with E-state index in [0.717, 1.165) is 51.6 Å². The Balaban J connectivity index is 3.19. The van der Waals surface area contributed by atoms with Crippen LogP contribution in [0.2, 0.25) is 0 Å². The SMILES string of the molecule is CCCCC(CC)COCCCNCCCN. The largest absolute Gasteiger partial charge is 0.381 e.